The molecule has 0 saturated carbocycles. The van der Waals surface area contributed by atoms with Crippen LogP contribution in [0.1, 0.15) is 24.7 Å². The minimum absolute atomic E-state index is 0.107. The van der Waals surface area contributed by atoms with Gasteiger partial charge in [0.25, 0.3) is 0 Å². The van der Waals surface area contributed by atoms with Crippen LogP contribution >= 0.6 is 11.3 Å². The Bertz CT molecular complexity index is 1500. The zero-order valence-corrected chi connectivity index (χ0v) is 19.6. The van der Waals surface area contributed by atoms with E-state index in [4.69, 9.17) is 18.4 Å². The summed E-state index contributed by atoms with van der Waals surface area (Å²) < 4.78 is 21.7. The second-order valence-electron chi connectivity index (χ2n) is 7.86. The van der Waals surface area contributed by atoms with Crippen molar-refractivity contribution in [1.82, 2.24) is 15.1 Å². The first-order chi connectivity index (χ1) is 16.5. The van der Waals surface area contributed by atoms with Gasteiger partial charge in [-0.1, -0.05) is 5.16 Å². The Morgan fingerprint density at radius 1 is 1.03 bits per heavy atom. The molecule has 0 saturated heterocycles. The van der Waals surface area contributed by atoms with Crippen molar-refractivity contribution in [3.8, 4) is 34.1 Å². The number of aromatic nitrogens is 3. The molecule has 3 aromatic heterocycles. The normalized spacial score (nSPS) is 11.3. The van der Waals surface area contributed by atoms with Gasteiger partial charge in [0, 0.05) is 22.4 Å². The number of thiazole rings is 1. The SMILES string of the molecule is COc1ccc2cc(-c3csc(Cc4nc(-c5ccc(OC(C)C)cc5)no4)n3)c(=O)oc2c1. The first-order valence-corrected chi connectivity index (χ1v) is 11.5. The van der Waals surface area contributed by atoms with Gasteiger partial charge in [-0.2, -0.15) is 4.98 Å². The van der Waals surface area contributed by atoms with Crippen molar-refractivity contribution in [1.29, 1.82) is 0 Å². The van der Waals surface area contributed by atoms with E-state index in [9.17, 15) is 4.79 Å². The van der Waals surface area contributed by atoms with Gasteiger partial charge in [-0.15, -0.1) is 11.3 Å². The molecule has 0 unspecified atom stereocenters. The Labute approximate surface area is 198 Å². The van der Waals surface area contributed by atoms with Crippen LogP contribution in [0.5, 0.6) is 11.5 Å². The van der Waals surface area contributed by atoms with Crippen LogP contribution in [0.2, 0.25) is 0 Å². The molecule has 0 spiro atoms. The standard InChI is InChI=1S/C25H21N3O5S/c1-14(2)31-17-7-4-15(5-8-17)24-27-22(33-28-24)12-23-26-20(13-34-23)19-10-16-6-9-18(30-3)11-21(16)32-25(19)29/h4-11,13-14H,12H2,1-3H3. The van der Waals surface area contributed by atoms with Crippen LogP contribution in [-0.4, -0.2) is 28.3 Å². The summed E-state index contributed by atoms with van der Waals surface area (Å²) in [6.45, 7) is 3.96. The Morgan fingerprint density at radius 3 is 2.59 bits per heavy atom. The summed E-state index contributed by atoms with van der Waals surface area (Å²) in [6, 6.07) is 14.7. The Kier molecular flexibility index (Phi) is 5.85. The molecule has 5 aromatic rings. The highest BCUT2D eigenvalue weighted by Crippen LogP contribution is 2.27. The second kappa shape index (κ2) is 9.11. The summed E-state index contributed by atoms with van der Waals surface area (Å²) in [7, 11) is 1.56. The maximum absolute atomic E-state index is 12.6. The molecule has 9 heteroatoms. The molecular formula is C25H21N3O5S. The van der Waals surface area contributed by atoms with Crippen molar-refractivity contribution in [2.75, 3.05) is 7.11 Å². The van der Waals surface area contributed by atoms with Gasteiger partial charge in [-0.05, 0) is 56.3 Å². The number of ether oxygens (including phenoxy) is 2. The van der Waals surface area contributed by atoms with Gasteiger partial charge in [-0.3, -0.25) is 0 Å². The molecule has 0 atom stereocenters. The van der Waals surface area contributed by atoms with Gasteiger partial charge in [0.1, 0.15) is 22.1 Å². The Hall–Kier alpha value is -3.98. The van der Waals surface area contributed by atoms with Gasteiger partial charge in [0.05, 0.1) is 30.9 Å². The molecule has 0 N–H and O–H groups in total. The lowest BCUT2D eigenvalue weighted by Gasteiger charge is -2.09. The number of nitrogens with zero attached hydrogens (tertiary/aromatic N) is 3. The van der Waals surface area contributed by atoms with Crippen LogP contribution in [0.15, 0.2) is 67.6 Å². The number of benzene rings is 2. The van der Waals surface area contributed by atoms with Gasteiger partial charge in [0.15, 0.2) is 0 Å². The van der Waals surface area contributed by atoms with Crippen LogP contribution < -0.4 is 15.1 Å². The van der Waals surface area contributed by atoms with E-state index in [1.54, 1.807) is 19.2 Å². The Morgan fingerprint density at radius 2 is 1.82 bits per heavy atom. The highest BCUT2D eigenvalue weighted by Gasteiger charge is 2.15. The quantitative estimate of drug-likeness (QED) is 0.290. The van der Waals surface area contributed by atoms with Gasteiger partial charge in [-0.25, -0.2) is 9.78 Å². The van der Waals surface area contributed by atoms with Crippen molar-refractivity contribution in [2.45, 2.75) is 26.4 Å². The molecule has 0 aliphatic carbocycles. The van der Waals surface area contributed by atoms with E-state index >= 15 is 0 Å². The summed E-state index contributed by atoms with van der Waals surface area (Å²) in [5, 5.41) is 7.43. The third-order valence-corrected chi connectivity index (χ3v) is 5.87. The summed E-state index contributed by atoms with van der Waals surface area (Å²) in [5.41, 5.74) is 1.78. The lowest BCUT2D eigenvalue weighted by Crippen LogP contribution is -2.05. The van der Waals surface area contributed by atoms with Gasteiger partial charge in [0.2, 0.25) is 11.7 Å². The van der Waals surface area contributed by atoms with E-state index in [2.05, 4.69) is 15.1 Å². The fourth-order valence-corrected chi connectivity index (χ4v) is 4.23. The molecule has 3 heterocycles. The first-order valence-electron chi connectivity index (χ1n) is 10.6. The number of methoxy groups -OCH3 is 1. The zero-order chi connectivity index (χ0) is 23.7. The monoisotopic (exact) mass is 475 g/mol. The predicted octanol–water partition coefficient (Wildman–Crippen LogP) is 5.35. The van der Waals surface area contributed by atoms with Crippen LogP contribution in [0.3, 0.4) is 0 Å². The largest absolute Gasteiger partial charge is 0.497 e. The van der Waals surface area contributed by atoms with E-state index in [1.165, 1.54) is 11.3 Å². The highest BCUT2D eigenvalue weighted by atomic mass is 32.1. The van der Waals surface area contributed by atoms with Crippen molar-refractivity contribution in [3.05, 3.63) is 75.2 Å². The fourth-order valence-electron chi connectivity index (χ4n) is 3.44. The Balaban J connectivity index is 1.34. The van der Waals surface area contributed by atoms with Crippen molar-refractivity contribution in [3.63, 3.8) is 0 Å². The van der Waals surface area contributed by atoms with Crippen molar-refractivity contribution >= 4 is 22.3 Å². The molecule has 0 amide bonds. The van der Waals surface area contributed by atoms with E-state index in [-0.39, 0.29) is 6.10 Å². The van der Waals surface area contributed by atoms with Crippen LogP contribution in [0, 0.1) is 0 Å². The third-order valence-electron chi connectivity index (χ3n) is 5.03. The number of fused-ring (bicyclic) bond motifs is 1. The maximum Gasteiger partial charge on any atom is 0.345 e. The fraction of sp³-hybridized carbons (Fsp3) is 0.200. The summed E-state index contributed by atoms with van der Waals surface area (Å²) in [6.07, 6.45) is 0.470. The third kappa shape index (κ3) is 4.55. The van der Waals surface area contributed by atoms with E-state index in [0.29, 0.717) is 40.7 Å². The highest BCUT2D eigenvalue weighted by molar-refractivity contribution is 7.10. The molecule has 0 radical (unpaired) electrons. The average Bonchev–Trinajstić information content (AvgIpc) is 3.48. The molecule has 0 aliphatic rings. The van der Waals surface area contributed by atoms with Crippen LogP contribution in [0.25, 0.3) is 33.6 Å². The van der Waals surface area contributed by atoms with Crippen molar-refractivity contribution < 1.29 is 18.4 Å². The molecule has 0 bridgehead atoms. The smallest absolute Gasteiger partial charge is 0.345 e. The average molecular weight is 476 g/mol. The first kappa shape index (κ1) is 21.8. The van der Waals surface area contributed by atoms with Crippen LogP contribution in [-0.2, 0) is 6.42 Å². The van der Waals surface area contributed by atoms with Crippen molar-refractivity contribution in [2.24, 2.45) is 0 Å². The summed E-state index contributed by atoms with van der Waals surface area (Å²) in [5.74, 6) is 2.35. The maximum atomic E-state index is 12.6. The molecule has 2 aromatic carbocycles. The lowest BCUT2D eigenvalue weighted by molar-refractivity contribution is 0.242. The number of hydrogen-bond acceptors (Lipinski definition) is 9. The van der Waals surface area contributed by atoms with Crippen LogP contribution in [0.4, 0.5) is 0 Å². The van der Waals surface area contributed by atoms with Gasteiger partial charge >= 0.3 is 5.63 Å². The summed E-state index contributed by atoms with van der Waals surface area (Å²) >= 11 is 1.42. The second-order valence-corrected chi connectivity index (χ2v) is 8.80. The molecular weight excluding hydrogens is 454 g/mol. The molecule has 34 heavy (non-hydrogen) atoms. The molecule has 172 valence electrons. The molecule has 5 rings (SSSR count). The minimum atomic E-state index is -0.456. The topological polar surface area (TPSA) is 100 Å². The zero-order valence-electron chi connectivity index (χ0n) is 18.8. The number of rotatable bonds is 7. The molecule has 0 aliphatic heterocycles. The molecule has 8 nitrogen and oxygen atoms in total. The lowest BCUT2D eigenvalue weighted by atomic mass is 10.1. The van der Waals surface area contributed by atoms with E-state index < -0.39 is 5.63 Å². The summed E-state index contributed by atoms with van der Waals surface area (Å²) in [4.78, 5) is 21.6. The van der Waals surface area contributed by atoms with E-state index in [1.807, 2.05) is 55.6 Å². The van der Waals surface area contributed by atoms with Gasteiger partial charge < -0.3 is 18.4 Å². The molecule has 0 fully saturated rings. The number of hydrogen-bond donors (Lipinski definition) is 0. The predicted molar refractivity (Wildman–Crippen MR) is 128 cm³/mol. The van der Waals surface area contributed by atoms with E-state index in [0.717, 1.165) is 21.7 Å². The minimum Gasteiger partial charge on any atom is -0.497 e.